The summed E-state index contributed by atoms with van der Waals surface area (Å²) in [4.78, 5) is 13.4. The number of rotatable bonds is 2. The molecule has 0 aromatic carbocycles. The van der Waals surface area contributed by atoms with E-state index in [2.05, 4.69) is 4.90 Å². The van der Waals surface area contributed by atoms with E-state index in [1.165, 1.54) is 0 Å². The average molecular weight is 193 g/mol. The van der Waals surface area contributed by atoms with E-state index < -0.39 is 11.5 Å². The summed E-state index contributed by atoms with van der Waals surface area (Å²) in [7, 11) is 0. The van der Waals surface area contributed by atoms with Crippen molar-refractivity contribution in [2.45, 2.75) is 24.8 Å². The van der Waals surface area contributed by atoms with Gasteiger partial charge in [0.15, 0.2) is 0 Å². The van der Waals surface area contributed by atoms with Crippen molar-refractivity contribution in [3.05, 3.63) is 24.3 Å². The second-order valence-electron chi connectivity index (χ2n) is 3.91. The van der Waals surface area contributed by atoms with Gasteiger partial charge in [0, 0.05) is 0 Å². The van der Waals surface area contributed by atoms with Crippen LogP contribution < -0.4 is 0 Å². The fourth-order valence-electron chi connectivity index (χ4n) is 2.25. The molecule has 1 N–H and O–H groups in total. The number of allylic oxidation sites excluding steroid dienone is 2. The topological polar surface area (TPSA) is 40.5 Å². The first-order valence-electron chi connectivity index (χ1n) is 5.08. The van der Waals surface area contributed by atoms with Gasteiger partial charge in [0.1, 0.15) is 5.54 Å². The molecule has 0 radical (unpaired) electrons. The second kappa shape index (κ2) is 3.58. The normalized spacial score (nSPS) is 32.3. The minimum Gasteiger partial charge on any atom is -0.480 e. The zero-order chi connectivity index (χ0) is 10.0. The largest absolute Gasteiger partial charge is 0.480 e. The Hall–Kier alpha value is -1.09. The predicted molar refractivity (Wildman–Crippen MR) is 54.1 cm³/mol. The summed E-state index contributed by atoms with van der Waals surface area (Å²) in [5, 5.41) is 9.32. The first kappa shape index (κ1) is 9.46. The molecule has 3 nitrogen and oxygen atoms in total. The van der Waals surface area contributed by atoms with Gasteiger partial charge in [-0.3, -0.25) is 4.90 Å². The van der Waals surface area contributed by atoms with Gasteiger partial charge in [-0.25, -0.2) is 4.79 Å². The highest BCUT2D eigenvalue weighted by molar-refractivity contribution is 5.82. The molecule has 0 saturated carbocycles. The molecule has 76 valence electrons. The quantitative estimate of drug-likeness (QED) is 0.721. The van der Waals surface area contributed by atoms with Crippen LogP contribution in [0.4, 0.5) is 0 Å². The maximum Gasteiger partial charge on any atom is 0.328 e. The monoisotopic (exact) mass is 193 g/mol. The molecule has 0 spiro atoms. The van der Waals surface area contributed by atoms with Crippen molar-refractivity contribution >= 4 is 5.97 Å². The number of carbonyl (C=O) groups is 1. The fourth-order valence-corrected chi connectivity index (χ4v) is 2.25. The standard InChI is InChI=1S/C11H15NO2/c13-10(14)11(6-2-1-3-7-11)12-8-4-5-9-12/h1-3,6H,4-5,7-9H2,(H,13,14). The number of carboxylic acid groups (broad SMARTS) is 1. The second-order valence-corrected chi connectivity index (χ2v) is 3.91. The molecule has 1 fully saturated rings. The number of nitrogens with zero attached hydrogens (tertiary/aromatic N) is 1. The SMILES string of the molecule is O=C(O)C1(N2CCCC2)C=CC=CC1. The first-order chi connectivity index (χ1) is 6.76. The maximum absolute atomic E-state index is 11.3. The number of likely N-dealkylation sites (tertiary alicyclic amines) is 1. The van der Waals surface area contributed by atoms with Gasteiger partial charge in [0.05, 0.1) is 0 Å². The van der Waals surface area contributed by atoms with Crippen LogP contribution in [0.15, 0.2) is 24.3 Å². The van der Waals surface area contributed by atoms with Gasteiger partial charge < -0.3 is 5.11 Å². The molecule has 0 aromatic heterocycles. The van der Waals surface area contributed by atoms with Crippen LogP contribution >= 0.6 is 0 Å². The van der Waals surface area contributed by atoms with Crippen LogP contribution in [-0.4, -0.2) is 34.6 Å². The van der Waals surface area contributed by atoms with E-state index in [9.17, 15) is 9.90 Å². The van der Waals surface area contributed by atoms with Crippen LogP contribution in [0.1, 0.15) is 19.3 Å². The van der Waals surface area contributed by atoms with Gasteiger partial charge in [0.25, 0.3) is 0 Å². The van der Waals surface area contributed by atoms with Crippen LogP contribution in [-0.2, 0) is 4.79 Å². The highest BCUT2D eigenvalue weighted by Crippen LogP contribution is 2.29. The molecule has 1 saturated heterocycles. The Kier molecular flexibility index (Phi) is 2.42. The first-order valence-corrected chi connectivity index (χ1v) is 5.08. The van der Waals surface area contributed by atoms with E-state index in [0.29, 0.717) is 6.42 Å². The van der Waals surface area contributed by atoms with Crippen molar-refractivity contribution in [1.82, 2.24) is 4.90 Å². The van der Waals surface area contributed by atoms with Gasteiger partial charge in [-0.15, -0.1) is 0 Å². The zero-order valence-electron chi connectivity index (χ0n) is 8.15. The van der Waals surface area contributed by atoms with Gasteiger partial charge >= 0.3 is 5.97 Å². The number of aliphatic carboxylic acids is 1. The van der Waals surface area contributed by atoms with Crippen molar-refractivity contribution in [1.29, 1.82) is 0 Å². The molecule has 14 heavy (non-hydrogen) atoms. The summed E-state index contributed by atoms with van der Waals surface area (Å²) in [6.45, 7) is 1.81. The third-order valence-electron chi connectivity index (χ3n) is 3.09. The highest BCUT2D eigenvalue weighted by Gasteiger charge is 2.42. The van der Waals surface area contributed by atoms with Crippen molar-refractivity contribution in [2.75, 3.05) is 13.1 Å². The van der Waals surface area contributed by atoms with E-state index in [1.54, 1.807) is 0 Å². The Bertz CT molecular complexity index is 290. The maximum atomic E-state index is 11.3. The molecular formula is C11H15NO2. The van der Waals surface area contributed by atoms with E-state index in [1.807, 2.05) is 24.3 Å². The molecule has 2 rings (SSSR count). The summed E-state index contributed by atoms with van der Waals surface area (Å²) in [5.41, 5.74) is -0.759. The van der Waals surface area contributed by atoms with Crippen LogP contribution in [0.2, 0.25) is 0 Å². The van der Waals surface area contributed by atoms with E-state index in [0.717, 1.165) is 25.9 Å². The lowest BCUT2D eigenvalue weighted by molar-refractivity contribution is -0.147. The fraction of sp³-hybridized carbons (Fsp3) is 0.545. The summed E-state index contributed by atoms with van der Waals surface area (Å²) >= 11 is 0. The van der Waals surface area contributed by atoms with Gasteiger partial charge in [-0.2, -0.15) is 0 Å². The molecule has 0 amide bonds. The lowest BCUT2D eigenvalue weighted by Crippen LogP contribution is -2.52. The van der Waals surface area contributed by atoms with Crippen molar-refractivity contribution in [2.24, 2.45) is 0 Å². The molecule has 1 aliphatic carbocycles. The molecule has 1 unspecified atom stereocenters. The zero-order valence-corrected chi connectivity index (χ0v) is 8.15. The lowest BCUT2D eigenvalue weighted by Gasteiger charge is -2.35. The van der Waals surface area contributed by atoms with Gasteiger partial charge in [0.2, 0.25) is 0 Å². The molecule has 1 aliphatic heterocycles. The molecule has 2 aliphatic rings. The lowest BCUT2D eigenvalue weighted by atomic mass is 9.89. The minimum absolute atomic E-state index is 0.596. The van der Waals surface area contributed by atoms with Crippen LogP contribution in [0.3, 0.4) is 0 Å². The van der Waals surface area contributed by atoms with E-state index in [-0.39, 0.29) is 0 Å². The van der Waals surface area contributed by atoms with Crippen LogP contribution in [0.25, 0.3) is 0 Å². The van der Waals surface area contributed by atoms with E-state index in [4.69, 9.17) is 0 Å². The summed E-state index contributed by atoms with van der Waals surface area (Å²) in [6.07, 6.45) is 10.3. The summed E-state index contributed by atoms with van der Waals surface area (Å²) < 4.78 is 0. The third-order valence-corrected chi connectivity index (χ3v) is 3.09. The van der Waals surface area contributed by atoms with Gasteiger partial charge in [-0.05, 0) is 32.4 Å². The van der Waals surface area contributed by atoms with Crippen molar-refractivity contribution < 1.29 is 9.90 Å². The number of hydrogen-bond acceptors (Lipinski definition) is 2. The number of hydrogen-bond donors (Lipinski definition) is 1. The molecule has 0 bridgehead atoms. The molecular weight excluding hydrogens is 178 g/mol. The van der Waals surface area contributed by atoms with E-state index >= 15 is 0 Å². The average Bonchev–Trinajstić information content (AvgIpc) is 2.72. The highest BCUT2D eigenvalue weighted by atomic mass is 16.4. The Morgan fingerprint density at radius 3 is 2.50 bits per heavy atom. The predicted octanol–water partition coefficient (Wildman–Crippen LogP) is 1.42. The van der Waals surface area contributed by atoms with Gasteiger partial charge in [-0.1, -0.05) is 24.3 Å². The Morgan fingerprint density at radius 2 is 2.00 bits per heavy atom. The number of carboxylic acids is 1. The Labute approximate surface area is 83.7 Å². The van der Waals surface area contributed by atoms with Crippen molar-refractivity contribution in [3.63, 3.8) is 0 Å². The minimum atomic E-state index is -0.759. The summed E-state index contributed by atoms with van der Waals surface area (Å²) in [6, 6.07) is 0. The Morgan fingerprint density at radius 1 is 1.29 bits per heavy atom. The molecule has 1 atom stereocenters. The van der Waals surface area contributed by atoms with Crippen molar-refractivity contribution in [3.8, 4) is 0 Å². The van der Waals surface area contributed by atoms with Crippen LogP contribution in [0.5, 0.6) is 0 Å². The van der Waals surface area contributed by atoms with Crippen LogP contribution in [0, 0.1) is 0 Å². The smallest absolute Gasteiger partial charge is 0.328 e. The molecule has 1 heterocycles. The third kappa shape index (κ3) is 1.38. The Balaban J connectivity index is 2.25. The molecule has 3 heteroatoms. The molecule has 0 aromatic rings. The summed E-state index contributed by atoms with van der Waals surface area (Å²) in [5.74, 6) is -0.722.